The van der Waals surface area contributed by atoms with Gasteiger partial charge in [-0.15, -0.1) is 0 Å². The quantitative estimate of drug-likeness (QED) is 0.676. The molecule has 0 rings (SSSR count). The first kappa shape index (κ1) is 11.7. The molecular weight excluding hydrogens is 172 g/mol. The zero-order chi connectivity index (χ0) is 10.3. The maximum atomic E-state index is 11.1. The van der Waals surface area contributed by atoms with Crippen LogP contribution in [0, 0.1) is 0 Å². The average molecular weight is 188 g/mol. The van der Waals surface area contributed by atoms with Crippen LogP contribution < -0.4 is 5.73 Å². The summed E-state index contributed by atoms with van der Waals surface area (Å²) >= 11 is 0. The zero-order valence-corrected chi connectivity index (χ0v) is 8.08. The van der Waals surface area contributed by atoms with Crippen LogP contribution in [0.3, 0.4) is 0 Å². The largest absolute Gasteiger partial charge is 0.418 e. The molecule has 0 aromatic rings. The minimum atomic E-state index is -1.05. The van der Waals surface area contributed by atoms with Crippen molar-refractivity contribution in [2.75, 3.05) is 13.1 Å². The predicted octanol–water partition coefficient (Wildman–Crippen LogP) is 1.32. The number of carbonyl (C=O) groups is 2. The second-order valence-corrected chi connectivity index (χ2v) is 2.67. The lowest BCUT2D eigenvalue weighted by Crippen LogP contribution is -2.35. The van der Waals surface area contributed by atoms with Crippen LogP contribution in [0.2, 0.25) is 0 Å². The third-order valence-corrected chi connectivity index (χ3v) is 1.43. The summed E-state index contributed by atoms with van der Waals surface area (Å²) in [6, 6.07) is 0. The summed E-state index contributed by atoms with van der Waals surface area (Å²) in [5.74, 6) is 0. The first-order valence-corrected chi connectivity index (χ1v) is 4.38. The molecule has 0 aliphatic rings. The summed E-state index contributed by atoms with van der Waals surface area (Å²) < 4.78 is 4.24. The van der Waals surface area contributed by atoms with Crippen LogP contribution >= 0.6 is 0 Å². The van der Waals surface area contributed by atoms with Crippen molar-refractivity contribution in [2.45, 2.75) is 26.7 Å². The van der Waals surface area contributed by atoms with E-state index in [1.54, 1.807) is 0 Å². The molecule has 0 aliphatic heterocycles. The number of hydrogen-bond acceptors (Lipinski definition) is 3. The molecule has 0 atom stereocenters. The molecule has 0 aliphatic carbocycles. The molecule has 2 amide bonds. The summed E-state index contributed by atoms with van der Waals surface area (Å²) in [4.78, 5) is 22.9. The third kappa shape index (κ3) is 5.05. The summed E-state index contributed by atoms with van der Waals surface area (Å²) in [5.41, 5.74) is 4.71. The fourth-order valence-electron chi connectivity index (χ4n) is 0.985. The van der Waals surface area contributed by atoms with Gasteiger partial charge in [0.2, 0.25) is 0 Å². The SMILES string of the molecule is CCCN(CCC)C(=O)OC(N)=O. The molecule has 0 unspecified atom stereocenters. The normalized spacial score (nSPS) is 9.38. The van der Waals surface area contributed by atoms with Gasteiger partial charge in [-0.2, -0.15) is 0 Å². The molecule has 0 saturated carbocycles. The number of nitrogens with two attached hydrogens (primary N) is 1. The van der Waals surface area contributed by atoms with Crippen molar-refractivity contribution in [1.82, 2.24) is 4.90 Å². The standard InChI is InChI=1S/C8H16N2O3/c1-3-5-10(6-4-2)8(12)13-7(9)11/h3-6H2,1-2H3,(H2,9,11). The van der Waals surface area contributed by atoms with Gasteiger partial charge in [-0.1, -0.05) is 13.8 Å². The monoisotopic (exact) mass is 188 g/mol. The van der Waals surface area contributed by atoms with E-state index in [9.17, 15) is 9.59 Å². The van der Waals surface area contributed by atoms with Gasteiger partial charge in [-0.3, -0.25) is 0 Å². The highest BCUT2D eigenvalue weighted by Gasteiger charge is 2.14. The fraction of sp³-hybridized carbons (Fsp3) is 0.750. The topological polar surface area (TPSA) is 72.6 Å². The molecule has 0 radical (unpaired) electrons. The number of nitrogens with zero attached hydrogens (tertiary/aromatic N) is 1. The molecule has 5 nitrogen and oxygen atoms in total. The van der Waals surface area contributed by atoms with Gasteiger partial charge in [0, 0.05) is 13.1 Å². The number of ether oxygens (including phenoxy) is 1. The smallest absolute Gasteiger partial charge is 0.359 e. The predicted molar refractivity (Wildman–Crippen MR) is 48.2 cm³/mol. The van der Waals surface area contributed by atoms with Gasteiger partial charge in [0.05, 0.1) is 0 Å². The number of rotatable bonds is 4. The van der Waals surface area contributed by atoms with E-state index in [4.69, 9.17) is 5.73 Å². The van der Waals surface area contributed by atoms with Crippen LogP contribution in [0.1, 0.15) is 26.7 Å². The molecule has 0 spiro atoms. The van der Waals surface area contributed by atoms with Crippen molar-refractivity contribution in [1.29, 1.82) is 0 Å². The minimum Gasteiger partial charge on any atom is -0.359 e. The van der Waals surface area contributed by atoms with Crippen LogP contribution in [0.4, 0.5) is 9.59 Å². The molecule has 0 fully saturated rings. The lowest BCUT2D eigenvalue weighted by Gasteiger charge is -2.19. The van der Waals surface area contributed by atoms with Crippen molar-refractivity contribution >= 4 is 12.2 Å². The van der Waals surface area contributed by atoms with Crippen LogP contribution in [0.25, 0.3) is 0 Å². The van der Waals surface area contributed by atoms with Crippen molar-refractivity contribution in [3.63, 3.8) is 0 Å². The van der Waals surface area contributed by atoms with E-state index in [0.29, 0.717) is 13.1 Å². The number of primary amides is 1. The van der Waals surface area contributed by atoms with Crippen molar-refractivity contribution in [3.05, 3.63) is 0 Å². The highest BCUT2D eigenvalue weighted by molar-refractivity contribution is 5.82. The van der Waals surface area contributed by atoms with E-state index in [-0.39, 0.29) is 0 Å². The lowest BCUT2D eigenvalue weighted by molar-refractivity contribution is 0.122. The molecule has 0 bridgehead atoms. The Kier molecular flexibility index (Phi) is 5.67. The molecule has 0 saturated heterocycles. The van der Waals surface area contributed by atoms with Crippen molar-refractivity contribution in [2.24, 2.45) is 5.73 Å². The molecule has 0 aromatic carbocycles. The Labute approximate surface area is 77.8 Å². The third-order valence-electron chi connectivity index (χ3n) is 1.43. The molecule has 76 valence electrons. The summed E-state index contributed by atoms with van der Waals surface area (Å²) in [6.07, 6.45) is -0.0553. The highest BCUT2D eigenvalue weighted by Crippen LogP contribution is 1.97. The number of carbonyl (C=O) groups excluding carboxylic acids is 2. The van der Waals surface area contributed by atoms with Gasteiger partial charge < -0.3 is 15.4 Å². The summed E-state index contributed by atoms with van der Waals surface area (Å²) in [5, 5.41) is 0. The van der Waals surface area contributed by atoms with Crippen LogP contribution in [-0.2, 0) is 4.74 Å². The summed E-state index contributed by atoms with van der Waals surface area (Å²) in [7, 11) is 0. The van der Waals surface area contributed by atoms with Crippen molar-refractivity contribution < 1.29 is 14.3 Å². The van der Waals surface area contributed by atoms with E-state index >= 15 is 0 Å². The molecule has 13 heavy (non-hydrogen) atoms. The zero-order valence-electron chi connectivity index (χ0n) is 8.08. The molecule has 2 N–H and O–H groups in total. The molecule has 0 aromatic heterocycles. The Bertz CT molecular complexity index is 176. The van der Waals surface area contributed by atoms with E-state index in [1.807, 2.05) is 13.8 Å². The Morgan fingerprint density at radius 1 is 1.23 bits per heavy atom. The maximum Gasteiger partial charge on any atom is 0.418 e. The van der Waals surface area contributed by atoms with Crippen LogP contribution in [-0.4, -0.2) is 30.2 Å². The van der Waals surface area contributed by atoms with E-state index in [0.717, 1.165) is 12.8 Å². The van der Waals surface area contributed by atoms with Crippen LogP contribution in [0.5, 0.6) is 0 Å². The lowest BCUT2D eigenvalue weighted by atomic mass is 10.4. The van der Waals surface area contributed by atoms with Gasteiger partial charge in [-0.25, -0.2) is 9.59 Å². The average Bonchev–Trinajstić information content (AvgIpc) is 2.02. The highest BCUT2D eigenvalue weighted by atomic mass is 16.6. The number of hydrogen-bond donors (Lipinski definition) is 1. The minimum absolute atomic E-state index is 0.583. The van der Waals surface area contributed by atoms with E-state index < -0.39 is 12.2 Å². The first-order chi connectivity index (χ1) is 6.11. The Hall–Kier alpha value is -1.26. The van der Waals surface area contributed by atoms with Gasteiger partial charge in [0.25, 0.3) is 0 Å². The number of amides is 2. The van der Waals surface area contributed by atoms with Crippen molar-refractivity contribution in [3.8, 4) is 0 Å². The fourth-order valence-corrected chi connectivity index (χ4v) is 0.985. The molecule has 0 heterocycles. The molecule has 5 heteroatoms. The second kappa shape index (κ2) is 6.28. The Morgan fingerprint density at radius 2 is 1.69 bits per heavy atom. The van der Waals surface area contributed by atoms with E-state index in [2.05, 4.69) is 4.74 Å². The van der Waals surface area contributed by atoms with Gasteiger partial charge in [-0.05, 0) is 12.8 Å². The van der Waals surface area contributed by atoms with Gasteiger partial charge in [0.1, 0.15) is 0 Å². The van der Waals surface area contributed by atoms with Gasteiger partial charge in [0.15, 0.2) is 0 Å². The molecular formula is C8H16N2O3. The van der Waals surface area contributed by atoms with Gasteiger partial charge >= 0.3 is 12.2 Å². The second-order valence-electron chi connectivity index (χ2n) is 2.67. The maximum absolute atomic E-state index is 11.1. The Morgan fingerprint density at radius 3 is 2.00 bits per heavy atom. The summed E-state index contributed by atoms with van der Waals surface area (Å²) in [6.45, 7) is 5.06. The van der Waals surface area contributed by atoms with E-state index in [1.165, 1.54) is 4.90 Å². The first-order valence-electron chi connectivity index (χ1n) is 4.38. The Balaban J connectivity index is 4.02. The van der Waals surface area contributed by atoms with Crippen LogP contribution in [0.15, 0.2) is 0 Å².